The number of likely N-dealkylation sites (N-methyl/N-ethyl adjacent to an activating group) is 1. The van der Waals surface area contributed by atoms with Crippen LogP contribution in [0.2, 0.25) is 0 Å². The smallest absolute Gasteiger partial charge is 0.226 e. The number of nitrogens with two attached hydrogens (primary N) is 1. The Kier molecular flexibility index (Phi) is 5.83. The summed E-state index contributed by atoms with van der Waals surface area (Å²) in [4.78, 5) is 13.9. The van der Waals surface area contributed by atoms with Crippen LogP contribution in [0.15, 0.2) is 18.2 Å². The second kappa shape index (κ2) is 7.14. The van der Waals surface area contributed by atoms with Crippen LogP contribution in [0, 0.1) is 12.8 Å². The molecule has 1 atom stereocenters. The Bertz CT molecular complexity index is 432. The number of amides is 1. The van der Waals surface area contributed by atoms with E-state index in [0.29, 0.717) is 25.4 Å². The molecule has 0 aliphatic rings. The molecule has 0 fully saturated rings. The second-order valence-electron chi connectivity index (χ2n) is 5.11. The number of ether oxygens (including phenoxy) is 1. The van der Waals surface area contributed by atoms with E-state index in [4.69, 9.17) is 10.5 Å². The lowest BCUT2D eigenvalue weighted by Gasteiger charge is -2.21. The summed E-state index contributed by atoms with van der Waals surface area (Å²) >= 11 is 0. The van der Waals surface area contributed by atoms with Crippen molar-refractivity contribution < 1.29 is 9.53 Å². The van der Waals surface area contributed by atoms with Gasteiger partial charge in [0.15, 0.2) is 0 Å². The molecular weight excluding hydrogens is 240 g/mol. The minimum Gasteiger partial charge on any atom is -0.496 e. The van der Waals surface area contributed by atoms with Crippen molar-refractivity contribution >= 4 is 5.91 Å². The molecule has 0 saturated heterocycles. The van der Waals surface area contributed by atoms with E-state index in [-0.39, 0.29) is 5.91 Å². The number of aryl methyl sites for hydroxylation is 1. The number of benzene rings is 1. The predicted octanol–water partition coefficient (Wildman–Crippen LogP) is 1.60. The van der Waals surface area contributed by atoms with E-state index >= 15 is 0 Å². The maximum absolute atomic E-state index is 12.2. The van der Waals surface area contributed by atoms with E-state index in [1.165, 1.54) is 0 Å². The molecule has 1 unspecified atom stereocenters. The highest BCUT2D eigenvalue weighted by atomic mass is 16.5. The van der Waals surface area contributed by atoms with Crippen LogP contribution in [0.5, 0.6) is 5.75 Å². The first kappa shape index (κ1) is 15.5. The van der Waals surface area contributed by atoms with Crippen LogP contribution in [-0.4, -0.2) is 38.1 Å². The molecular formula is C15H24N2O2. The molecule has 19 heavy (non-hydrogen) atoms. The molecule has 0 aliphatic carbocycles. The van der Waals surface area contributed by atoms with Gasteiger partial charge in [0.25, 0.3) is 0 Å². The van der Waals surface area contributed by atoms with Gasteiger partial charge in [0.05, 0.1) is 13.5 Å². The Morgan fingerprint density at radius 2 is 2.16 bits per heavy atom. The summed E-state index contributed by atoms with van der Waals surface area (Å²) in [6.07, 6.45) is 0.360. The van der Waals surface area contributed by atoms with Gasteiger partial charge in [-0.15, -0.1) is 0 Å². The van der Waals surface area contributed by atoms with Crippen LogP contribution in [0.3, 0.4) is 0 Å². The predicted molar refractivity (Wildman–Crippen MR) is 77.3 cm³/mol. The molecule has 2 N–H and O–H groups in total. The van der Waals surface area contributed by atoms with Crippen molar-refractivity contribution in [2.75, 3.05) is 27.2 Å². The molecule has 0 bridgehead atoms. The fourth-order valence-corrected chi connectivity index (χ4v) is 1.99. The Morgan fingerprint density at radius 1 is 1.47 bits per heavy atom. The van der Waals surface area contributed by atoms with E-state index in [1.807, 2.05) is 39.1 Å². The van der Waals surface area contributed by atoms with Gasteiger partial charge >= 0.3 is 0 Å². The summed E-state index contributed by atoms with van der Waals surface area (Å²) in [5.41, 5.74) is 7.64. The number of hydrogen-bond acceptors (Lipinski definition) is 3. The van der Waals surface area contributed by atoms with Gasteiger partial charge in [0.2, 0.25) is 5.91 Å². The summed E-state index contributed by atoms with van der Waals surface area (Å²) in [5.74, 6) is 1.16. The lowest BCUT2D eigenvalue weighted by molar-refractivity contribution is -0.129. The maximum atomic E-state index is 12.2. The summed E-state index contributed by atoms with van der Waals surface area (Å²) in [5, 5.41) is 0. The fraction of sp³-hybridized carbons (Fsp3) is 0.533. The summed E-state index contributed by atoms with van der Waals surface area (Å²) in [6, 6.07) is 5.88. The highest BCUT2D eigenvalue weighted by Gasteiger charge is 2.14. The third-order valence-electron chi connectivity index (χ3n) is 3.19. The molecule has 1 aromatic carbocycles. The Morgan fingerprint density at radius 3 is 2.74 bits per heavy atom. The molecule has 4 heteroatoms. The van der Waals surface area contributed by atoms with Crippen molar-refractivity contribution in [2.45, 2.75) is 20.3 Å². The van der Waals surface area contributed by atoms with Gasteiger partial charge in [-0.25, -0.2) is 0 Å². The van der Waals surface area contributed by atoms with Crippen molar-refractivity contribution in [2.24, 2.45) is 11.7 Å². The average molecular weight is 264 g/mol. The molecule has 106 valence electrons. The largest absolute Gasteiger partial charge is 0.496 e. The number of methoxy groups -OCH3 is 1. The van der Waals surface area contributed by atoms with Gasteiger partial charge in [-0.3, -0.25) is 4.79 Å². The second-order valence-corrected chi connectivity index (χ2v) is 5.11. The summed E-state index contributed by atoms with van der Waals surface area (Å²) in [6.45, 7) is 5.32. The lowest BCUT2D eigenvalue weighted by atomic mass is 10.1. The van der Waals surface area contributed by atoms with Crippen LogP contribution in [0.25, 0.3) is 0 Å². The van der Waals surface area contributed by atoms with E-state index in [9.17, 15) is 4.79 Å². The zero-order chi connectivity index (χ0) is 14.4. The quantitative estimate of drug-likeness (QED) is 0.849. The highest BCUT2D eigenvalue weighted by molar-refractivity contribution is 5.79. The molecule has 0 radical (unpaired) electrons. The summed E-state index contributed by atoms with van der Waals surface area (Å²) in [7, 11) is 3.44. The first-order valence-corrected chi connectivity index (χ1v) is 6.55. The molecule has 4 nitrogen and oxygen atoms in total. The van der Waals surface area contributed by atoms with Crippen molar-refractivity contribution in [1.29, 1.82) is 0 Å². The molecule has 0 aromatic heterocycles. The van der Waals surface area contributed by atoms with Crippen LogP contribution in [-0.2, 0) is 11.2 Å². The number of carbonyl (C=O) groups is 1. The number of rotatable bonds is 6. The van der Waals surface area contributed by atoms with Crippen molar-refractivity contribution in [3.05, 3.63) is 29.3 Å². The van der Waals surface area contributed by atoms with Gasteiger partial charge < -0.3 is 15.4 Å². The third-order valence-corrected chi connectivity index (χ3v) is 3.19. The molecule has 0 aliphatic heterocycles. The first-order valence-electron chi connectivity index (χ1n) is 6.55. The molecule has 1 rings (SSSR count). The standard InChI is InChI=1S/C15H24N2O2/c1-11-5-6-14(19-4)13(7-11)8-15(18)17(3)10-12(2)9-16/h5-7,12H,8-10,16H2,1-4H3. The molecule has 1 aromatic rings. The monoisotopic (exact) mass is 264 g/mol. The van der Waals surface area contributed by atoms with Crippen molar-refractivity contribution in [3.8, 4) is 5.75 Å². The zero-order valence-corrected chi connectivity index (χ0v) is 12.3. The van der Waals surface area contributed by atoms with E-state index < -0.39 is 0 Å². The zero-order valence-electron chi connectivity index (χ0n) is 12.3. The van der Waals surface area contributed by atoms with E-state index in [1.54, 1.807) is 12.0 Å². The van der Waals surface area contributed by atoms with Crippen molar-refractivity contribution in [1.82, 2.24) is 4.90 Å². The van der Waals surface area contributed by atoms with E-state index in [0.717, 1.165) is 16.9 Å². The van der Waals surface area contributed by atoms with Crippen LogP contribution in [0.4, 0.5) is 0 Å². The van der Waals surface area contributed by atoms with Crippen LogP contribution < -0.4 is 10.5 Å². The van der Waals surface area contributed by atoms with Crippen molar-refractivity contribution in [3.63, 3.8) is 0 Å². The Hall–Kier alpha value is -1.55. The lowest BCUT2D eigenvalue weighted by Crippen LogP contribution is -2.34. The van der Waals surface area contributed by atoms with Gasteiger partial charge in [0, 0.05) is 19.2 Å². The fourth-order valence-electron chi connectivity index (χ4n) is 1.99. The minimum absolute atomic E-state index is 0.0872. The van der Waals surface area contributed by atoms with Gasteiger partial charge in [-0.05, 0) is 25.5 Å². The van der Waals surface area contributed by atoms with Gasteiger partial charge in [-0.1, -0.05) is 24.6 Å². The molecule has 1 amide bonds. The third kappa shape index (κ3) is 4.56. The number of nitrogens with zero attached hydrogens (tertiary/aromatic N) is 1. The normalized spacial score (nSPS) is 12.1. The van der Waals surface area contributed by atoms with Gasteiger partial charge in [0.1, 0.15) is 5.75 Å². The first-order chi connectivity index (χ1) is 8.97. The average Bonchev–Trinajstić information content (AvgIpc) is 2.38. The van der Waals surface area contributed by atoms with Crippen LogP contribution in [0.1, 0.15) is 18.1 Å². The Labute approximate surface area is 115 Å². The topological polar surface area (TPSA) is 55.6 Å². The number of carbonyl (C=O) groups excluding carboxylic acids is 1. The Balaban J connectivity index is 2.73. The highest BCUT2D eigenvalue weighted by Crippen LogP contribution is 2.20. The van der Waals surface area contributed by atoms with E-state index in [2.05, 4.69) is 0 Å². The molecule has 0 heterocycles. The molecule has 0 saturated carbocycles. The maximum Gasteiger partial charge on any atom is 0.226 e. The van der Waals surface area contributed by atoms with Gasteiger partial charge in [-0.2, -0.15) is 0 Å². The number of hydrogen-bond donors (Lipinski definition) is 1. The molecule has 0 spiro atoms. The van der Waals surface area contributed by atoms with Crippen LogP contribution >= 0.6 is 0 Å². The SMILES string of the molecule is COc1ccc(C)cc1CC(=O)N(C)CC(C)CN. The summed E-state index contributed by atoms with van der Waals surface area (Å²) < 4.78 is 5.29. The minimum atomic E-state index is 0.0872.